The van der Waals surface area contributed by atoms with Crippen LogP contribution in [0.1, 0.15) is 11.3 Å². The number of nitriles is 1. The van der Waals surface area contributed by atoms with Crippen LogP contribution in [-0.2, 0) is 11.3 Å². The average molecular weight is 400 g/mol. The van der Waals surface area contributed by atoms with E-state index in [1.54, 1.807) is 34.2 Å². The molecule has 29 heavy (non-hydrogen) atoms. The first kappa shape index (κ1) is 18.5. The Hall–Kier alpha value is -3.89. The zero-order valence-corrected chi connectivity index (χ0v) is 16.1. The summed E-state index contributed by atoms with van der Waals surface area (Å²) in [6.07, 6.45) is 4.92. The van der Waals surface area contributed by atoms with E-state index < -0.39 is 5.91 Å². The summed E-state index contributed by atoms with van der Waals surface area (Å²) in [6, 6.07) is 19.1. The number of carbonyl (C=O) groups is 1. The minimum Gasteiger partial charge on any atom is -0.467 e. The quantitative estimate of drug-likeness (QED) is 0.384. The van der Waals surface area contributed by atoms with Gasteiger partial charge in [0.25, 0.3) is 5.91 Å². The van der Waals surface area contributed by atoms with Crippen molar-refractivity contribution in [3.8, 4) is 22.3 Å². The van der Waals surface area contributed by atoms with E-state index in [2.05, 4.69) is 10.4 Å². The Balaban J connectivity index is 1.67. The number of hydrogen-bond acceptors (Lipinski definition) is 5. The van der Waals surface area contributed by atoms with E-state index >= 15 is 0 Å². The topological polar surface area (TPSA) is 83.8 Å². The molecule has 0 aliphatic heterocycles. The summed E-state index contributed by atoms with van der Waals surface area (Å²) in [7, 11) is 0. The van der Waals surface area contributed by atoms with Crippen LogP contribution in [0.4, 0.5) is 0 Å². The Kier molecular flexibility index (Phi) is 5.36. The van der Waals surface area contributed by atoms with Gasteiger partial charge < -0.3 is 9.73 Å². The maximum absolute atomic E-state index is 12.5. The molecule has 0 saturated carbocycles. The second-order valence-corrected chi connectivity index (χ2v) is 7.07. The molecule has 0 atom stereocenters. The number of thiophene rings is 1. The molecule has 1 amide bonds. The monoisotopic (exact) mass is 400 g/mol. The molecule has 0 spiro atoms. The molecule has 0 aliphatic rings. The first-order valence-corrected chi connectivity index (χ1v) is 9.74. The van der Waals surface area contributed by atoms with Crippen molar-refractivity contribution in [1.29, 1.82) is 5.26 Å². The molecular formula is C22H16N4O2S. The lowest BCUT2D eigenvalue weighted by atomic mass is 10.1. The average Bonchev–Trinajstić information content (AvgIpc) is 3.52. The van der Waals surface area contributed by atoms with Crippen LogP contribution in [0.25, 0.3) is 22.3 Å². The summed E-state index contributed by atoms with van der Waals surface area (Å²) < 4.78 is 6.95. The van der Waals surface area contributed by atoms with E-state index in [4.69, 9.17) is 4.42 Å². The lowest BCUT2D eigenvalue weighted by Crippen LogP contribution is -2.23. The normalized spacial score (nSPS) is 11.2. The fourth-order valence-corrected chi connectivity index (χ4v) is 3.52. The highest BCUT2D eigenvalue weighted by molar-refractivity contribution is 7.13. The SMILES string of the molecule is N#C/C(=C/c1cn(-c2ccccc2)nc1-c1cccs1)C(=O)NCc1ccco1. The van der Waals surface area contributed by atoms with Crippen molar-refractivity contribution in [1.82, 2.24) is 15.1 Å². The van der Waals surface area contributed by atoms with Gasteiger partial charge in [-0.2, -0.15) is 10.4 Å². The van der Waals surface area contributed by atoms with Gasteiger partial charge in [0.2, 0.25) is 0 Å². The smallest absolute Gasteiger partial charge is 0.262 e. The predicted octanol–water partition coefficient (Wildman–Crippen LogP) is 4.42. The van der Waals surface area contributed by atoms with Crippen LogP contribution in [0, 0.1) is 11.3 Å². The summed E-state index contributed by atoms with van der Waals surface area (Å²) >= 11 is 1.55. The van der Waals surface area contributed by atoms with Gasteiger partial charge in [-0.05, 0) is 41.8 Å². The minimum absolute atomic E-state index is 0.00183. The molecule has 3 aromatic heterocycles. The molecule has 3 heterocycles. The second kappa shape index (κ2) is 8.42. The lowest BCUT2D eigenvalue weighted by Gasteiger charge is -2.02. The fraction of sp³-hybridized carbons (Fsp3) is 0.0455. The Bertz CT molecular complexity index is 1170. The fourth-order valence-electron chi connectivity index (χ4n) is 2.79. The van der Waals surface area contributed by atoms with Crippen LogP contribution < -0.4 is 5.32 Å². The van der Waals surface area contributed by atoms with Gasteiger partial charge in [0.05, 0.1) is 23.4 Å². The number of benzene rings is 1. The van der Waals surface area contributed by atoms with Crippen LogP contribution in [0.2, 0.25) is 0 Å². The Morgan fingerprint density at radius 3 is 2.76 bits per heavy atom. The molecule has 7 heteroatoms. The van der Waals surface area contributed by atoms with Crippen LogP contribution in [0.15, 0.2) is 82.4 Å². The number of nitrogens with zero attached hydrogens (tertiary/aromatic N) is 3. The molecule has 6 nitrogen and oxygen atoms in total. The summed E-state index contributed by atoms with van der Waals surface area (Å²) in [5, 5.41) is 18.9. The maximum atomic E-state index is 12.5. The number of para-hydroxylation sites is 1. The van der Waals surface area contributed by atoms with Gasteiger partial charge in [-0.15, -0.1) is 11.3 Å². The van der Waals surface area contributed by atoms with Crippen LogP contribution in [0.3, 0.4) is 0 Å². The summed E-state index contributed by atoms with van der Waals surface area (Å²) in [6.45, 7) is 0.214. The van der Waals surface area contributed by atoms with Gasteiger partial charge in [0.15, 0.2) is 0 Å². The highest BCUT2D eigenvalue weighted by Crippen LogP contribution is 2.29. The molecule has 142 valence electrons. The third-order valence-electron chi connectivity index (χ3n) is 4.19. The third-order valence-corrected chi connectivity index (χ3v) is 5.06. The summed E-state index contributed by atoms with van der Waals surface area (Å²) in [5.74, 6) is 0.153. The van der Waals surface area contributed by atoms with Gasteiger partial charge in [-0.25, -0.2) is 4.68 Å². The molecule has 0 bridgehead atoms. The molecule has 0 radical (unpaired) electrons. The second-order valence-electron chi connectivity index (χ2n) is 6.12. The van der Waals surface area contributed by atoms with E-state index in [0.717, 1.165) is 16.3 Å². The van der Waals surface area contributed by atoms with Gasteiger partial charge in [-0.1, -0.05) is 24.3 Å². The minimum atomic E-state index is -0.464. The van der Waals surface area contributed by atoms with E-state index in [1.807, 2.05) is 60.1 Å². The summed E-state index contributed by atoms with van der Waals surface area (Å²) in [4.78, 5) is 13.4. The number of aromatic nitrogens is 2. The van der Waals surface area contributed by atoms with Gasteiger partial charge in [0.1, 0.15) is 23.1 Å². The molecule has 1 aromatic carbocycles. The number of hydrogen-bond donors (Lipinski definition) is 1. The van der Waals surface area contributed by atoms with Crippen molar-refractivity contribution in [3.63, 3.8) is 0 Å². The van der Waals surface area contributed by atoms with Crippen molar-refractivity contribution in [2.45, 2.75) is 6.54 Å². The maximum Gasteiger partial charge on any atom is 0.262 e. The Labute approximate surface area is 171 Å². The van der Waals surface area contributed by atoms with Crippen LogP contribution in [0.5, 0.6) is 0 Å². The molecule has 1 N–H and O–H groups in total. The summed E-state index contributed by atoms with van der Waals surface area (Å²) in [5.41, 5.74) is 2.31. The van der Waals surface area contributed by atoms with Crippen molar-refractivity contribution < 1.29 is 9.21 Å². The molecule has 0 fully saturated rings. The molecule has 0 aliphatic carbocycles. The van der Waals surface area contributed by atoms with Gasteiger partial charge in [-0.3, -0.25) is 4.79 Å². The zero-order chi connectivity index (χ0) is 20.1. The molecule has 0 saturated heterocycles. The van der Waals surface area contributed by atoms with E-state index in [0.29, 0.717) is 11.3 Å². The van der Waals surface area contributed by atoms with Crippen molar-refractivity contribution in [3.05, 3.63) is 89.3 Å². The van der Waals surface area contributed by atoms with Crippen molar-refractivity contribution >= 4 is 23.3 Å². The van der Waals surface area contributed by atoms with Crippen molar-refractivity contribution in [2.24, 2.45) is 0 Å². The third kappa shape index (κ3) is 4.18. The number of rotatable bonds is 6. The predicted molar refractivity (Wildman–Crippen MR) is 111 cm³/mol. The largest absolute Gasteiger partial charge is 0.467 e. The number of nitrogens with one attached hydrogen (secondary N) is 1. The van der Waals surface area contributed by atoms with Crippen molar-refractivity contribution in [2.75, 3.05) is 0 Å². The molecule has 0 unspecified atom stereocenters. The Morgan fingerprint density at radius 2 is 2.07 bits per heavy atom. The highest BCUT2D eigenvalue weighted by Gasteiger charge is 2.15. The number of amides is 1. The lowest BCUT2D eigenvalue weighted by molar-refractivity contribution is -0.117. The molecule has 4 aromatic rings. The Morgan fingerprint density at radius 1 is 1.21 bits per heavy atom. The molecule has 4 rings (SSSR count). The number of carbonyl (C=O) groups excluding carboxylic acids is 1. The van der Waals surface area contributed by atoms with Crippen LogP contribution in [-0.4, -0.2) is 15.7 Å². The standard InChI is InChI=1S/C22H16N4O2S/c23-13-16(22(27)24-14-19-8-4-10-28-19)12-17-15-26(18-6-2-1-3-7-18)25-21(17)20-9-5-11-29-20/h1-12,15H,14H2,(H,24,27)/b16-12-. The first-order valence-electron chi connectivity index (χ1n) is 8.86. The zero-order valence-electron chi connectivity index (χ0n) is 15.3. The number of furan rings is 1. The van der Waals surface area contributed by atoms with Gasteiger partial charge in [0, 0.05) is 11.8 Å². The molecular weight excluding hydrogens is 384 g/mol. The van der Waals surface area contributed by atoms with E-state index in [-0.39, 0.29) is 12.1 Å². The van der Waals surface area contributed by atoms with Crippen LogP contribution >= 0.6 is 11.3 Å². The first-order chi connectivity index (χ1) is 14.2. The highest BCUT2D eigenvalue weighted by atomic mass is 32.1. The van der Waals surface area contributed by atoms with Gasteiger partial charge >= 0.3 is 0 Å². The van der Waals surface area contributed by atoms with E-state index in [1.165, 1.54) is 6.26 Å². The van der Waals surface area contributed by atoms with E-state index in [9.17, 15) is 10.1 Å².